The smallest absolute Gasteiger partial charge is 0.311 e. The van der Waals surface area contributed by atoms with E-state index >= 15 is 0 Å². The second kappa shape index (κ2) is 5.20. The number of pyridine rings is 1. The molecule has 6 nitrogen and oxygen atoms in total. The molecule has 18 heavy (non-hydrogen) atoms. The fourth-order valence-electron chi connectivity index (χ4n) is 2.18. The maximum absolute atomic E-state index is 11.0. The minimum atomic E-state index is -0.361. The molecule has 1 N–H and O–H groups in total. The first kappa shape index (κ1) is 12.6. The third-order valence-corrected chi connectivity index (χ3v) is 3.39. The Labute approximate surface area is 106 Å². The van der Waals surface area contributed by atoms with Crippen LogP contribution in [0.4, 0.5) is 17.3 Å². The minimum absolute atomic E-state index is 0.0866. The van der Waals surface area contributed by atoms with E-state index in [4.69, 9.17) is 0 Å². The van der Waals surface area contributed by atoms with Crippen LogP contribution in [0.5, 0.6) is 0 Å². The van der Waals surface area contributed by atoms with E-state index in [0.29, 0.717) is 17.6 Å². The van der Waals surface area contributed by atoms with Gasteiger partial charge in [0.1, 0.15) is 5.82 Å². The number of hydrogen-bond acceptors (Lipinski definition) is 5. The van der Waals surface area contributed by atoms with Crippen molar-refractivity contribution >= 4 is 17.3 Å². The highest BCUT2D eigenvalue weighted by molar-refractivity contribution is 5.61. The second-order valence-corrected chi connectivity index (χ2v) is 4.72. The van der Waals surface area contributed by atoms with Gasteiger partial charge in [0.2, 0.25) is 5.82 Å². The number of aromatic nitrogens is 1. The molecule has 1 aromatic heterocycles. The third-order valence-electron chi connectivity index (χ3n) is 3.39. The average Bonchev–Trinajstić information content (AvgIpc) is 2.38. The lowest BCUT2D eigenvalue weighted by Crippen LogP contribution is -2.34. The Morgan fingerprint density at radius 1 is 1.44 bits per heavy atom. The highest BCUT2D eigenvalue weighted by atomic mass is 16.6. The van der Waals surface area contributed by atoms with E-state index in [1.807, 2.05) is 4.90 Å². The van der Waals surface area contributed by atoms with Crippen molar-refractivity contribution in [1.29, 1.82) is 0 Å². The molecule has 2 heterocycles. The summed E-state index contributed by atoms with van der Waals surface area (Å²) in [6.45, 7) is 3.88. The van der Waals surface area contributed by atoms with Crippen molar-refractivity contribution in [3.05, 3.63) is 22.2 Å². The van der Waals surface area contributed by atoms with Crippen molar-refractivity contribution in [1.82, 2.24) is 4.98 Å². The predicted molar refractivity (Wildman–Crippen MR) is 71.0 cm³/mol. The van der Waals surface area contributed by atoms with Gasteiger partial charge in [0.25, 0.3) is 0 Å². The molecule has 0 unspecified atom stereocenters. The number of rotatable bonds is 3. The van der Waals surface area contributed by atoms with Crippen LogP contribution in [0.2, 0.25) is 0 Å². The quantitative estimate of drug-likeness (QED) is 0.658. The number of nitrogens with zero attached hydrogens (tertiary/aromatic N) is 3. The van der Waals surface area contributed by atoms with Crippen LogP contribution in [0.3, 0.4) is 0 Å². The monoisotopic (exact) mass is 250 g/mol. The number of nitro groups is 1. The van der Waals surface area contributed by atoms with Gasteiger partial charge in [-0.05, 0) is 24.8 Å². The molecule has 0 radical (unpaired) electrons. The third kappa shape index (κ3) is 2.52. The maximum Gasteiger partial charge on any atom is 0.311 e. The molecule has 1 saturated heterocycles. The number of anilines is 2. The molecule has 0 atom stereocenters. The molecular formula is C12H18N4O2. The lowest BCUT2D eigenvalue weighted by atomic mass is 9.99. The molecule has 0 aromatic carbocycles. The fraction of sp³-hybridized carbons (Fsp3) is 0.583. The Morgan fingerprint density at radius 3 is 2.67 bits per heavy atom. The van der Waals surface area contributed by atoms with E-state index in [0.717, 1.165) is 25.9 Å². The molecule has 6 heteroatoms. The van der Waals surface area contributed by atoms with Gasteiger partial charge in [-0.2, -0.15) is 0 Å². The highest BCUT2D eigenvalue weighted by Crippen LogP contribution is 2.30. The lowest BCUT2D eigenvalue weighted by molar-refractivity contribution is -0.384. The van der Waals surface area contributed by atoms with Gasteiger partial charge in [-0.1, -0.05) is 6.92 Å². The number of hydrogen-bond donors (Lipinski definition) is 1. The van der Waals surface area contributed by atoms with Gasteiger partial charge in [0.15, 0.2) is 0 Å². The predicted octanol–water partition coefficient (Wildman–Crippen LogP) is 2.27. The first-order valence-electron chi connectivity index (χ1n) is 6.20. The van der Waals surface area contributed by atoms with Crippen molar-refractivity contribution in [2.24, 2.45) is 5.92 Å². The Balaban J connectivity index is 2.31. The molecule has 1 fully saturated rings. The van der Waals surface area contributed by atoms with Crippen LogP contribution in [-0.2, 0) is 0 Å². The van der Waals surface area contributed by atoms with Gasteiger partial charge in [-0.15, -0.1) is 0 Å². The van der Waals surface area contributed by atoms with Gasteiger partial charge >= 0.3 is 5.69 Å². The van der Waals surface area contributed by atoms with E-state index in [9.17, 15) is 10.1 Å². The normalized spacial score (nSPS) is 16.7. The molecule has 0 amide bonds. The van der Waals surface area contributed by atoms with E-state index in [1.165, 1.54) is 6.07 Å². The molecule has 0 aliphatic carbocycles. The topological polar surface area (TPSA) is 71.3 Å². The van der Waals surface area contributed by atoms with Crippen molar-refractivity contribution < 1.29 is 4.92 Å². The Bertz CT molecular complexity index is 442. The van der Waals surface area contributed by atoms with Crippen LogP contribution in [0, 0.1) is 16.0 Å². The molecule has 1 aliphatic rings. The summed E-state index contributed by atoms with van der Waals surface area (Å²) in [6, 6.07) is 3.15. The van der Waals surface area contributed by atoms with Crippen LogP contribution >= 0.6 is 0 Å². The zero-order chi connectivity index (χ0) is 13.1. The standard InChI is InChI=1S/C12H18N4O2/c1-9-5-7-15(8-6-9)12-10(16(17)18)3-4-11(13-2)14-12/h3-4,9H,5-8H2,1-2H3,(H,13,14). The van der Waals surface area contributed by atoms with Crippen LogP contribution in [0.1, 0.15) is 19.8 Å². The van der Waals surface area contributed by atoms with Crippen molar-refractivity contribution in [3.8, 4) is 0 Å². The Kier molecular flexibility index (Phi) is 3.64. The van der Waals surface area contributed by atoms with Crippen LogP contribution in [-0.4, -0.2) is 30.0 Å². The summed E-state index contributed by atoms with van der Waals surface area (Å²) in [4.78, 5) is 17.0. The first-order chi connectivity index (χ1) is 8.61. The summed E-state index contributed by atoms with van der Waals surface area (Å²) in [5.74, 6) is 1.83. The molecule has 1 aliphatic heterocycles. The van der Waals surface area contributed by atoms with Gasteiger partial charge in [0, 0.05) is 26.2 Å². The van der Waals surface area contributed by atoms with Gasteiger partial charge in [-0.3, -0.25) is 10.1 Å². The van der Waals surface area contributed by atoms with Crippen LogP contribution < -0.4 is 10.2 Å². The van der Waals surface area contributed by atoms with Gasteiger partial charge in [-0.25, -0.2) is 4.98 Å². The van der Waals surface area contributed by atoms with Gasteiger partial charge < -0.3 is 10.2 Å². The average molecular weight is 250 g/mol. The number of piperidine rings is 1. The van der Waals surface area contributed by atoms with Crippen LogP contribution in [0.15, 0.2) is 12.1 Å². The first-order valence-corrected chi connectivity index (χ1v) is 6.20. The summed E-state index contributed by atoms with van der Waals surface area (Å²) in [7, 11) is 1.76. The highest BCUT2D eigenvalue weighted by Gasteiger charge is 2.24. The number of nitrogens with one attached hydrogen (secondary N) is 1. The van der Waals surface area contributed by atoms with Crippen molar-refractivity contribution in [2.45, 2.75) is 19.8 Å². The van der Waals surface area contributed by atoms with Crippen molar-refractivity contribution in [3.63, 3.8) is 0 Å². The molecule has 98 valence electrons. The molecule has 1 aromatic rings. The van der Waals surface area contributed by atoms with E-state index in [2.05, 4.69) is 17.2 Å². The maximum atomic E-state index is 11.0. The second-order valence-electron chi connectivity index (χ2n) is 4.72. The van der Waals surface area contributed by atoms with E-state index < -0.39 is 0 Å². The summed E-state index contributed by atoms with van der Waals surface area (Å²) < 4.78 is 0. The zero-order valence-corrected chi connectivity index (χ0v) is 10.7. The van der Waals surface area contributed by atoms with Crippen LogP contribution in [0.25, 0.3) is 0 Å². The molecule has 2 rings (SSSR count). The zero-order valence-electron chi connectivity index (χ0n) is 10.7. The largest absolute Gasteiger partial charge is 0.373 e. The molecule has 0 bridgehead atoms. The van der Waals surface area contributed by atoms with E-state index in [-0.39, 0.29) is 10.6 Å². The lowest BCUT2D eigenvalue weighted by Gasteiger charge is -2.30. The minimum Gasteiger partial charge on any atom is -0.373 e. The summed E-state index contributed by atoms with van der Waals surface area (Å²) in [5, 5.41) is 14.0. The SMILES string of the molecule is CNc1ccc([N+](=O)[O-])c(N2CCC(C)CC2)n1. The molecule has 0 saturated carbocycles. The Morgan fingerprint density at radius 2 is 2.11 bits per heavy atom. The summed E-state index contributed by atoms with van der Waals surface area (Å²) in [6.07, 6.45) is 2.12. The summed E-state index contributed by atoms with van der Waals surface area (Å²) >= 11 is 0. The van der Waals surface area contributed by atoms with E-state index in [1.54, 1.807) is 13.1 Å². The molecule has 0 spiro atoms. The fourth-order valence-corrected chi connectivity index (χ4v) is 2.18. The van der Waals surface area contributed by atoms with Crippen molar-refractivity contribution in [2.75, 3.05) is 30.4 Å². The summed E-state index contributed by atoms with van der Waals surface area (Å²) in [5.41, 5.74) is 0.0866. The molecular weight excluding hydrogens is 232 g/mol. The van der Waals surface area contributed by atoms with Gasteiger partial charge in [0.05, 0.1) is 4.92 Å². The Hall–Kier alpha value is -1.85.